The average Bonchev–Trinajstić information content (AvgIpc) is 2.51. The van der Waals surface area contributed by atoms with Crippen molar-refractivity contribution in [2.45, 2.75) is 39.3 Å². The first kappa shape index (κ1) is 17.1. The lowest BCUT2D eigenvalue weighted by Crippen LogP contribution is -2.32. The van der Waals surface area contributed by atoms with Crippen LogP contribution in [0.3, 0.4) is 0 Å². The van der Waals surface area contributed by atoms with Gasteiger partial charge in [0.05, 0.1) is 10.9 Å². The second-order valence-electron chi connectivity index (χ2n) is 5.56. The zero-order chi connectivity index (χ0) is 17.0. The Balaban J connectivity index is 2.42. The zero-order valence-corrected chi connectivity index (χ0v) is 14.2. The van der Waals surface area contributed by atoms with Gasteiger partial charge in [-0.1, -0.05) is 19.4 Å². The number of amides is 1. The average molecular weight is 331 g/mol. The maximum atomic E-state index is 12.4. The smallest absolute Gasteiger partial charge is 0.262 e. The molecule has 1 amide bonds. The summed E-state index contributed by atoms with van der Waals surface area (Å²) in [4.78, 5) is 27.7. The molecule has 0 bridgehead atoms. The lowest BCUT2D eigenvalue weighted by molar-refractivity contribution is 0.0938. The standard InChI is InChI=1S/C17H21N3O2S/c1-4-6-11(3)18-15(21)12-7-8-13-14(10-12)19-17(23)20(9-5-2)16(13)22/h5,7-8,10-11H,2,4,6,9H2,1,3H3,(H,18,21)(H,19,23). The van der Waals surface area contributed by atoms with Gasteiger partial charge in [-0.2, -0.15) is 0 Å². The summed E-state index contributed by atoms with van der Waals surface area (Å²) in [5.74, 6) is -0.151. The van der Waals surface area contributed by atoms with Gasteiger partial charge < -0.3 is 10.3 Å². The van der Waals surface area contributed by atoms with Crippen molar-refractivity contribution in [3.8, 4) is 0 Å². The maximum absolute atomic E-state index is 12.4. The number of rotatable bonds is 6. The summed E-state index contributed by atoms with van der Waals surface area (Å²) in [6.07, 6.45) is 3.55. The van der Waals surface area contributed by atoms with Crippen LogP contribution in [0.25, 0.3) is 10.9 Å². The Morgan fingerprint density at radius 2 is 2.26 bits per heavy atom. The van der Waals surface area contributed by atoms with E-state index in [9.17, 15) is 9.59 Å². The molecule has 2 rings (SSSR count). The summed E-state index contributed by atoms with van der Waals surface area (Å²) in [7, 11) is 0. The molecular formula is C17H21N3O2S. The molecule has 5 nitrogen and oxygen atoms in total. The molecule has 1 heterocycles. The SMILES string of the molecule is C=CCn1c(=S)[nH]c2cc(C(=O)NC(C)CCC)ccc2c1=O. The summed E-state index contributed by atoms with van der Waals surface area (Å²) >= 11 is 5.20. The van der Waals surface area contributed by atoms with Crippen LogP contribution in [0, 0.1) is 4.77 Å². The molecule has 1 unspecified atom stereocenters. The minimum atomic E-state index is -0.185. The van der Waals surface area contributed by atoms with Crippen molar-refractivity contribution in [3.63, 3.8) is 0 Å². The number of aromatic nitrogens is 2. The van der Waals surface area contributed by atoms with Crippen molar-refractivity contribution in [1.82, 2.24) is 14.9 Å². The third-order valence-electron chi connectivity index (χ3n) is 3.65. The van der Waals surface area contributed by atoms with Gasteiger partial charge >= 0.3 is 0 Å². The fourth-order valence-corrected chi connectivity index (χ4v) is 2.77. The molecule has 0 aliphatic heterocycles. The maximum Gasteiger partial charge on any atom is 0.262 e. The first-order valence-electron chi connectivity index (χ1n) is 7.66. The molecule has 0 saturated heterocycles. The molecule has 0 saturated carbocycles. The van der Waals surface area contributed by atoms with Crippen molar-refractivity contribution in [3.05, 3.63) is 51.5 Å². The molecular weight excluding hydrogens is 310 g/mol. The van der Waals surface area contributed by atoms with E-state index in [1.807, 2.05) is 6.92 Å². The van der Waals surface area contributed by atoms with Crippen molar-refractivity contribution in [2.24, 2.45) is 0 Å². The first-order chi connectivity index (χ1) is 11.0. The number of carbonyl (C=O) groups is 1. The highest BCUT2D eigenvalue weighted by atomic mass is 32.1. The molecule has 1 aromatic carbocycles. The Morgan fingerprint density at radius 3 is 2.91 bits per heavy atom. The van der Waals surface area contributed by atoms with Gasteiger partial charge in [0.2, 0.25) is 0 Å². The highest BCUT2D eigenvalue weighted by molar-refractivity contribution is 7.71. The van der Waals surface area contributed by atoms with Gasteiger partial charge in [0.1, 0.15) is 0 Å². The van der Waals surface area contributed by atoms with Crippen molar-refractivity contribution < 1.29 is 4.79 Å². The van der Waals surface area contributed by atoms with Crippen molar-refractivity contribution >= 4 is 29.0 Å². The number of H-pyrrole nitrogens is 1. The number of hydrogen-bond donors (Lipinski definition) is 2. The largest absolute Gasteiger partial charge is 0.350 e. The van der Waals surface area contributed by atoms with E-state index < -0.39 is 0 Å². The summed E-state index contributed by atoms with van der Waals surface area (Å²) in [6.45, 7) is 8.03. The summed E-state index contributed by atoms with van der Waals surface area (Å²) in [5.41, 5.74) is 0.887. The van der Waals surface area contributed by atoms with Crippen LogP contribution in [0.2, 0.25) is 0 Å². The Morgan fingerprint density at radius 1 is 1.52 bits per heavy atom. The summed E-state index contributed by atoms with van der Waals surface area (Å²) in [6, 6.07) is 5.09. The van der Waals surface area contributed by atoms with Gasteiger partial charge in [0.15, 0.2) is 4.77 Å². The van der Waals surface area contributed by atoms with E-state index in [1.165, 1.54) is 4.57 Å². The predicted molar refractivity (Wildman–Crippen MR) is 95.4 cm³/mol. The Labute approximate surface area is 140 Å². The second-order valence-corrected chi connectivity index (χ2v) is 5.94. The number of carbonyl (C=O) groups excluding carboxylic acids is 1. The normalized spacial score (nSPS) is 12.1. The van der Waals surface area contributed by atoms with E-state index in [0.29, 0.717) is 27.8 Å². The zero-order valence-electron chi connectivity index (χ0n) is 13.4. The molecule has 0 aliphatic rings. The molecule has 2 aromatic rings. The molecule has 0 radical (unpaired) electrons. The molecule has 0 fully saturated rings. The molecule has 2 N–H and O–H groups in total. The van der Waals surface area contributed by atoms with Crippen LogP contribution in [0.4, 0.5) is 0 Å². The van der Waals surface area contributed by atoms with Crippen LogP contribution in [-0.4, -0.2) is 21.5 Å². The van der Waals surface area contributed by atoms with Crippen LogP contribution in [0.5, 0.6) is 0 Å². The second kappa shape index (κ2) is 7.37. The number of nitrogens with one attached hydrogen (secondary N) is 2. The van der Waals surface area contributed by atoms with Gasteiger partial charge in [-0.25, -0.2) is 0 Å². The van der Waals surface area contributed by atoms with Gasteiger partial charge in [-0.15, -0.1) is 6.58 Å². The molecule has 0 spiro atoms. The fourth-order valence-electron chi connectivity index (χ4n) is 2.50. The number of fused-ring (bicyclic) bond motifs is 1. The number of aromatic amines is 1. The third-order valence-corrected chi connectivity index (χ3v) is 3.98. The molecule has 1 atom stereocenters. The third kappa shape index (κ3) is 3.76. The number of hydrogen-bond acceptors (Lipinski definition) is 3. The first-order valence-corrected chi connectivity index (χ1v) is 8.07. The Bertz CT molecular complexity index is 851. The predicted octanol–water partition coefficient (Wildman–Crippen LogP) is 3.16. The fraction of sp³-hybridized carbons (Fsp3) is 0.353. The number of allylic oxidation sites excluding steroid dienone is 1. The van der Waals surface area contributed by atoms with Gasteiger partial charge in [-0.05, 0) is 43.8 Å². The van der Waals surface area contributed by atoms with Crippen molar-refractivity contribution in [1.29, 1.82) is 0 Å². The lowest BCUT2D eigenvalue weighted by Gasteiger charge is -2.13. The van der Waals surface area contributed by atoms with Gasteiger partial charge in [0.25, 0.3) is 11.5 Å². The number of benzene rings is 1. The Hall–Kier alpha value is -2.21. The topological polar surface area (TPSA) is 66.9 Å². The van der Waals surface area contributed by atoms with Crippen LogP contribution >= 0.6 is 12.2 Å². The molecule has 1 aromatic heterocycles. The lowest BCUT2D eigenvalue weighted by atomic mass is 10.1. The quantitative estimate of drug-likeness (QED) is 0.631. The van der Waals surface area contributed by atoms with Crippen LogP contribution < -0.4 is 10.9 Å². The van der Waals surface area contributed by atoms with E-state index in [-0.39, 0.29) is 17.5 Å². The highest BCUT2D eigenvalue weighted by Crippen LogP contribution is 2.11. The van der Waals surface area contributed by atoms with Crippen LogP contribution in [-0.2, 0) is 6.54 Å². The van der Waals surface area contributed by atoms with E-state index >= 15 is 0 Å². The summed E-state index contributed by atoms with van der Waals surface area (Å²) in [5, 5.41) is 3.45. The van der Waals surface area contributed by atoms with Crippen LogP contribution in [0.15, 0.2) is 35.6 Å². The number of nitrogens with zero attached hydrogens (tertiary/aromatic N) is 1. The van der Waals surface area contributed by atoms with Gasteiger partial charge in [0, 0.05) is 18.2 Å². The monoisotopic (exact) mass is 331 g/mol. The molecule has 23 heavy (non-hydrogen) atoms. The minimum absolute atomic E-state index is 0.113. The Kier molecular flexibility index (Phi) is 5.50. The van der Waals surface area contributed by atoms with E-state index in [0.717, 1.165) is 12.8 Å². The molecule has 6 heteroatoms. The molecule has 0 aliphatic carbocycles. The van der Waals surface area contributed by atoms with E-state index in [1.54, 1.807) is 24.3 Å². The summed E-state index contributed by atoms with van der Waals surface area (Å²) < 4.78 is 1.76. The van der Waals surface area contributed by atoms with Crippen molar-refractivity contribution in [2.75, 3.05) is 0 Å². The van der Waals surface area contributed by atoms with E-state index in [2.05, 4.69) is 23.8 Å². The van der Waals surface area contributed by atoms with E-state index in [4.69, 9.17) is 12.2 Å². The molecule has 122 valence electrons. The minimum Gasteiger partial charge on any atom is -0.350 e. The highest BCUT2D eigenvalue weighted by Gasteiger charge is 2.12. The van der Waals surface area contributed by atoms with Crippen LogP contribution in [0.1, 0.15) is 37.0 Å². The van der Waals surface area contributed by atoms with Gasteiger partial charge in [-0.3, -0.25) is 14.2 Å².